The van der Waals surface area contributed by atoms with Crippen LogP contribution >= 0.6 is 11.3 Å². The summed E-state index contributed by atoms with van der Waals surface area (Å²) in [5.74, 6) is 0.851. The fraction of sp³-hybridized carbons (Fsp3) is 0.0769. The van der Waals surface area contributed by atoms with Gasteiger partial charge in [-0.15, -0.1) is 11.3 Å². The summed E-state index contributed by atoms with van der Waals surface area (Å²) in [6, 6.07) is 6.08. The van der Waals surface area contributed by atoms with Crippen LogP contribution in [0.2, 0.25) is 0 Å². The Morgan fingerprint density at radius 1 is 1.24 bits per heavy atom. The monoisotopic (exact) mass is 297 g/mol. The SMILES string of the molecule is Nc1nc(NCc2cccc3ncsc23)c2[nH]cnc2n1. The van der Waals surface area contributed by atoms with Crippen molar-refractivity contribution in [1.82, 2.24) is 24.9 Å². The molecule has 8 heteroatoms. The smallest absolute Gasteiger partial charge is 0.224 e. The molecule has 0 fully saturated rings. The highest BCUT2D eigenvalue weighted by molar-refractivity contribution is 7.16. The van der Waals surface area contributed by atoms with Gasteiger partial charge in [0.1, 0.15) is 5.52 Å². The molecule has 0 aliphatic rings. The number of aromatic amines is 1. The Bertz CT molecular complexity index is 926. The molecule has 4 rings (SSSR count). The first-order valence-electron chi connectivity index (χ1n) is 6.33. The molecule has 0 aliphatic carbocycles. The highest BCUT2D eigenvalue weighted by Gasteiger charge is 2.09. The third-order valence-corrected chi connectivity index (χ3v) is 4.11. The predicted octanol–water partition coefficient (Wildman–Crippen LogP) is 2.16. The van der Waals surface area contributed by atoms with Crippen LogP contribution in [0, 0.1) is 0 Å². The second-order valence-corrected chi connectivity index (χ2v) is 5.36. The normalized spacial score (nSPS) is 11.2. The molecule has 3 aromatic heterocycles. The maximum atomic E-state index is 5.70. The summed E-state index contributed by atoms with van der Waals surface area (Å²) in [6.45, 7) is 0.629. The Morgan fingerprint density at radius 3 is 3.14 bits per heavy atom. The molecule has 0 radical (unpaired) electrons. The van der Waals surface area contributed by atoms with Gasteiger partial charge in [0.15, 0.2) is 11.5 Å². The van der Waals surface area contributed by atoms with Gasteiger partial charge < -0.3 is 16.0 Å². The van der Waals surface area contributed by atoms with Crippen molar-refractivity contribution < 1.29 is 0 Å². The minimum atomic E-state index is 0.202. The number of rotatable bonds is 3. The van der Waals surface area contributed by atoms with E-state index in [1.54, 1.807) is 17.7 Å². The van der Waals surface area contributed by atoms with Crippen molar-refractivity contribution in [3.63, 3.8) is 0 Å². The molecule has 104 valence electrons. The van der Waals surface area contributed by atoms with E-state index < -0.39 is 0 Å². The van der Waals surface area contributed by atoms with Gasteiger partial charge in [-0.2, -0.15) is 9.97 Å². The van der Waals surface area contributed by atoms with Crippen molar-refractivity contribution in [3.8, 4) is 0 Å². The van der Waals surface area contributed by atoms with Crippen LogP contribution in [0.15, 0.2) is 30.0 Å². The molecule has 0 spiro atoms. The lowest BCUT2D eigenvalue weighted by molar-refractivity contribution is 1.12. The number of aromatic nitrogens is 5. The summed E-state index contributed by atoms with van der Waals surface area (Å²) >= 11 is 1.63. The van der Waals surface area contributed by atoms with Crippen LogP contribution in [0.3, 0.4) is 0 Å². The first kappa shape index (κ1) is 12.0. The molecule has 0 saturated heterocycles. The fourth-order valence-corrected chi connectivity index (χ4v) is 3.05. The van der Waals surface area contributed by atoms with E-state index in [4.69, 9.17) is 5.73 Å². The number of nitrogens with two attached hydrogens (primary N) is 1. The van der Waals surface area contributed by atoms with Crippen LogP contribution in [0.25, 0.3) is 21.4 Å². The number of nitrogens with one attached hydrogen (secondary N) is 2. The third kappa shape index (κ3) is 2.05. The van der Waals surface area contributed by atoms with E-state index in [1.807, 2.05) is 17.6 Å². The second kappa shape index (κ2) is 4.67. The lowest BCUT2D eigenvalue weighted by Crippen LogP contribution is -2.05. The standard InChI is InChI=1S/C13H11N7S/c14-13-19-11(9-12(20-13)17-5-16-9)15-4-7-2-1-3-8-10(7)21-6-18-8/h1-3,5-6H,4H2,(H4,14,15,16,17,19,20). The number of hydrogen-bond acceptors (Lipinski definition) is 7. The Labute approximate surface area is 123 Å². The van der Waals surface area contributed by atoms with E-state index in [1.165, 1.54) is 10.3 Å². The number of imidazole rings is 1. The minimum absolute atomic E-state index is 0.202. The molecule has 7 nitrogen and oxygen atoms in total. The van der Waals surface area contributed by atoms with Gasteiger partial charge in [0.05, 0.1) is 22.1 Å². The molecule has 0 bridgehead atoms. The van der Waals surface area contributed by atoms with Crippen LogP contribution < -0.4 is 11.1 Å². The first-order chi connectivity index (χ1) is 10.3. The molecular weight excluding hydrogens is 286 g/mol. The van der Waals surface area contributed by atoms with E-state index in [9.17, 15) is 0 Å². The zero-order valence-corrected chi connectivity index (χ0v) is 11.7. The second-order valence-electron chi connectivity index (χ2n) is 4.50. The zero-order valence-electron chi connectivity index (χ0n) is 10.9. The number of nitrogen functional groups attached to an aromatic ring is 1. The van der Waals surface area contributed by atoms with Gasteiger partial charge in [-0.25, -0.2) is 9.97 Å². The largest absolute Gasteiger partial charge is 0.368 e. The van der Waals surface area contributed by atoms with Gasteiger partial charge in [-0.1, -0.05) is 12.1 Å². The zero-order chi connectivity index (χ0) is 14.2. The summed E-state index contributed by atoms with van der Waals surface area (Å²) in [7, 11) is 0. The van der Waals surface area contributed by atoms with E-state index >= 15 is 0 Å². The Hall–Kier alpha value is -2.74. The topological polar surface area (TPSA) is 105 Å². The van der Waals surface area contributed by atoms with Crippen molar-refractivity contribution in [2.24, 2.45) is 0 Å². The minimum Gasteiger partial charge on any atom is -0.368 e. The predicted molar refractivity (Wildman–Crippen MR) is 83.0 cm³/mol. The molecule has 0 unspecified atom stereocenters. The quantitative estimate of drug-likeness (QED) is 0.535. The van der Waals surface area contributed by atoms with Crippen LogP contribution in [0.1, 0.15) is 5.56 Å². The number of thiazole rings is 1. The average Bonchev–Trinajstić information content (AvgIpc) is 3.12. The van der Waals surface area contributed by atoms with Crippen LogP contribution in [0.4, 0.5) is 11.8 Å². The lowest BCUT2D eigenvalue weighted by atomic mass is 10.2. The summed E-state index contributed by atoms with van der Waals surface area (Å²) in [6.07, 6.45) is 1.58. The lowest BCUT2D eigenvalue weighted by Gasteiger charge is -2.07. The molecule has 0 atom stereocenters. The first-order valence-corrected chi connectivity index (χ1v) is 7.21. The third-order valence-electron chi connectivity index (χ3n) is 3.19. The van der Waals surface area contributed by atoms with Gasteiger partial charge in [0.2, 0.25) is 5.95 Å². The maximum absolute atomic E-state index is 5.70. The molecule has 1 aromatic carbocycles. The van der Waals surface area contributed by atoms with Crippen molar-refractivity contribution in [2.75, 3.05) is 11.1 Å². The highest BCUT2D eigenvalue weighted by atomic mass is 32.1. The number of fused-ring (bicyclic) bond motifs is 2. The van der Waals surface area contributed by atoms with Gasteiger partial charge in [0, 0.05) is 6.54 Å². The van der Waals surface area contributed by atoms with E-state index in [0.717, 1.165) is 11.0 Å². The molecular formula is C13H11N7S. The molecule has 0 amide bonds. The van der Waals surface area contributed by atoms with Gasteiger partial charge >= 0.3 is 0 Å². The Kier molecular flexibility index (Phi) is 2.68. The van der Waals surface area contributed by atoms with Crippen LogP contribution in [-0.2, 0) is 6.54 Å². The molecule has 21 heavy (non-hydrogen) atoms. The number of H-pyrrole nitrogens is 1. The summed E-state index contributed by atoms with van der Waals surface area (Å²) in [5.41, 5.74) is 11.0. The van der Waals surface area contributed by atoms with E-state index in [0.29, 0.717) is 18.0 Å². The van der Waals surface area contributed by atoms with Crippen molar-refractivity contribution >= 4 is 44.5 Å². The number of anilines is 2. The average molecular weight is 297 g/mol. The van der Waals surface area contributed by atoms with Crippen LogP contribution in [0.5, 0.6) is 0 Å². The fourth-order valence-electron chi connectivity index (χ4n) is 2.24. The molecule has 3 heterocycles. The molecule has 0 saturated carbocycles. The van der Waals surface area contributed by atoms with Gasteiger partial charge in [0.25, 0.3) is 0 Å². The van der Waals surface area contributed by atoms with Crippen molar-refractivity contribution in [1.29, 1.82) is 0 Å². The van der Waals surface area contributed by atoms with E-state index in [2.05, 4.69) is 36.3 Å². The summed E-state index contributed by atoms with van der Waals surface area (Å²) in [5, 5.41) is 3.29. The maximum Gasteiger partial charge on any atom is 0.224 e. The van der Waals surface area contributed by atoms with Gasteiger partial charge in [-0.3, -0.25) is 0 Å². The van der Waals surface area contributed by atoms with Crippen LogP contribution in [-0.4, -0.2) is 24.9 Å². The number of benzene rings is 1. The van der Waals surface area contributed by atoms with Crippen molar-refractivity contribution in [2.45, 2.75) is 6.54 Å². The molecule has 4 N–H and O–H groups in total. The molecule has 4 aromatic rings. The summed E-state index contributed by atoms with van der Waals surface area (Å²) < 4.78 is 1.17. The van der Waals surface area contributed by atoms with E-state index in [-0.39, 0.29) is 5.95 Å². The Balaban J connectivity index is 1.69. The van der Waals surface area contributed by atoms with Crippen molar-refractivity contribution in [3.05, 3.63) is 35.6 Å². The Morgan fingerprint density at radius 2 is 2.19 bits per heavy atom. The number of hydrogen-bond donors (Lipinski definition) is 3. The van der Waals surface area contributed by atoms with Gasteiger partial charge in [-0.05, 0) is 11.6 Å². The molecule has 0 aliphatic heterocycles. The highest BCUT2D eigenvalue weighted by Crippen LogP contribution is 2.24. The number of nitrogens with zero attached hydrogens (tertiary/aromatic N) is 4. The summed E-state index contributed by atoms with van der Waals surface area (Å²) in [4.78, 5) is 19.7.